The van der Waals surface area contributed by atoms with E-state index in [9.17, 15) is 18.0 Å². The fourth-order valence-corrected chi connectivity index (χ4v) is 3.81. The zero-order valence-electron chi connectivity index (χ0n) is 16.2. The highest BCUT2D eigenvalue weighted by Gasteiger charge is 2.13. The number of nitrogens with one attached hydrogen (secondary N) is 1. The summed E-state index contributed by atoms with van der Waals surface area (Å²) >= 11 is 5.78. The highest BCUT2D eigenvalue weighted by Crippen LogP contribution is 2.14. The molecular weight excluding hydrogens is 414 g/mol. The molecule has 0 aliphatic heterocycles. The minimum Gasteiger partial charge on any atom is -0.466 e. The summed E-state index contributed by atoms with van der Waals surface area (Å²) in [6, 6.07) is 13.0. The lowest BCUT2D eigenvalue weighted by Gasteiger charge is -2.08. The van der Waals surface area contributed by atoms with Crippen molar-refractivity contribution >= 4 is 33.4 Å². The van der Waals surface area contributed by atoms with Gasteiger partial charge < -0.3 is 4.74 Å². The van der Waals surface area contributed by atoms with E-state index in [2.05, 4.69) is 4.72 Å². The number of halogens is 1. The summed E-state index contributed by atoms with van der Waals surface area (Å²) in [7, 11) is -3.59. The van der Waals surface area contributed by atoms with E-state index in [1.807, 2.05) is 0 Å². The zero-order chi connectivity index (χ0) is 21.3. The lowest BCUT2D eigenvalue weighted by molar-refractivity contribution is -0.143. The van der Waals surface area contributed by atoms with E-state index in [4.69, 9.17) is 16.3 Å². The first-order chi connectivity index (χ1) is 13.8. The van der Waals surface area contributed by atoms with Crippen molar-refractivity contribution in [3.8, 4) is 0 Å². The average Bonchev–Trinajstić information content (AvgIpc) is 2.69. The highest BCUT2D eigenvalue weighted by molar-refractivity contribution is 7.89. The Morgan fingerprint density at radius 1 is 1.00 bits per heavy atom. The van der Waals surface area contributed by atoms with Crippen LogP contribution in [0.1, 0.15) is 42.1 Å². The molecule has 2 aromatic rings. The fraction of sp³-hybridized carbons (Fsp3) is 0.333. The minimum atomic E-state index is -3.59. The van der Waals surface area contributed by atoms with E-state index in [-0.39, 0.29) is 36.0 Å². The maximum absolute atomic E-state index is 12.2. The van der Waals surface area contributed by atoms with Crippen LogP contribution in [0.4, 0.5) is 0 Å². The Morgan fingerprint density at radius 2 is 1.66 bits per heavy atom. The first-order valence-corrected chi connectivity index (χ1v) is 11.2. The second kappa shape index (κ2) is 11.1. The summed E-state index contributed by atoms with van der Waals surface area (Å²) < 4.78 is 31.9. The molecule has 0 atom stereocenters. The molecule has 2 rings (SSSR count). The van der Waals surface area contributed by atoms with Crippen molar-refractivity contribution in [1.29, 1.82) is 0 Å². The molecule has 0 amide bonds. The quantitative estimate of drug-likeness (QED) is 0.427. The van der Waals surface area contributed by atoms with Crippen LogP contribution in [0.5, 0.6) is 0 Å². The SMILES string of the molecule is CCOC(=O)CCCC(=O)c1ccc(CCNS(=O)(=O)c2ccc(Cl)cc2)cc1. The maximum Gasteiger partial charge on any atom is 0.305 e. The molecule has 0 aromatic heterocycles. The largest absolute Gasteiger partial charge is 0.466 e. The molecule has 0 fully saturated rings. The van der Waals surface area contributed by atoms with Gasteiger partial charge in [0.15, 0.2) is 5.78 Å². The molecule has 0 heterocycles. The average molecular weight is 438 g/mol. The van der Waals surface area contributed by atoms with Crippen LogP contribution in [0.15, 0.2) is 53.4 Å². The van der Waals surface area contributed by atoms with Crippen LogP contribution in [0.3, 0.4) is 0 Å². The van der Waals surface area contributed by atoms with Gasteiger partial charge in [-0.15, -0.1) is 0 Å². The van der Waals surface area contributed by atoms with Crippen LogP contribution >= 0.6 is 11.6 Å². The molecule has 0 spiro atoms. The van der Waals surface area contributed by atoms with Crippen LogP contribution in [0, 0.1) is 0 Å². The van der Waals surface area contributed by atoms with Crippen LogP contribution in [-0.4, -0.2) is 33.3 Å². The van der Waals surface area contributed by atoms with Gasteiger partial charge in [-0.1, -0.05) is 35.9 Å². The molecule has 29 heavy (non-hydrogen) atoms. The number of Topliss-reactive ketones (excluding diaryl/α,β-unsaturated/α-hetero) is 1. The van der Waals surface area contributed by atoms with E-state index >= 15 is 0 Å². The molecule has 0 radical (unpaired) electrons. The Kier molecular flexibility index (Phi) is 8.82. The van der Waals surface area contributed by atoms with Gasteiger partial charge in [0.2, 0.25) is 10.0 Å². The van der Waals surface area contributed by atoms with Gasteiger partial charge in [-0.3, -0.25) is 9.59 Å². The Hall–Kier alpha value is -2.22. The maximum atomic E-state index is 12.2. The molecule has 6 nitrogen and oxygen atoms in total. The van der Waals surface area contributed by atoms with E-state index in [1.54, 1.807) is 31.2 Å². The summed E-state index contributed by atoms with van der Waals surface area (Å²) in [6.45, 7) is 2.31. The molecule has 2 aromatic carbocycles. The molecule has 0 unspecified atom stereocenters. The van der Waals surface area contributed by atoms with E-state index in [0.29, 0.717) is 30.0 Å². The third-order valence-corrected chi connectivity index (χ3v) is 5.92. The lowest BCUT2D eigenvalue weighted by Crippen LogP contribution is -2.25. The first kappa shape index (κ1) is 23.1. The molecule has 156 valence electrons. The summed E-state index contributed by atoms with van der Waals surface area (Å²) in [6.07, 6.45) is 1.44. The van der Waals surface area contributed by atoms with E-state index in [1.165, 1.54) is 24.3 Å². The van der Waals surface area contributed by atoms with E-state index < -0.39 is 10.0 Å². The van der Waals surface area contributed by atoms with Gasteiger partial charge in [0.05, 0.1) is 11.5 Å². The number of sulfonamides is 1. The van der Waals surface area contributed by atoms with Gasteiger partial charge in [0, 0.05) is 30.0 Å². The van der Waals surface area contributed by atoms with Crippen molar-refractivity contribution in [1.82, 2.24) is 4.72 Å². The third-order valence-electron chi connectivity index (χ3n) is 4.20. The van der Waals surface area contributed by atoms with Crippen molar-refractivity contribution in [2.45, 2.75) is 37.5 Å². The number of ether oxygens (including phenoxy) is 1. The zero-order valence-corrected chi connectivity index (χ0v) is 17.8. The number of rotatable bonds is 11. The minimum absolute atomic E-state index is 0.0377. The second-order valence-corrected chi connectivity index (χ2v) is 8.58. The standard InChI is InChI=1S/C21H24ClNO5S/c1-2-28-21(25)5-3-4-20(24)17-8-6-16(7-9-17)14-15-23-29(26,27)19-12-10-18(22)11-13-19/h6-13,23H,2-5,14-15H2,1H3. The summed E-state index contributed by atoms with van der Waals surface area (Å²) in [4.78, 5) is 23.6. The van der Waals surface area contributed by atoms with Crippen LogP contribution < -0.4 is 4.72 Å². The second-order valence-electron chi connectivity index (χ2n) is 6.38. The molecule has 0 saturated heterocycles. The van der Waals surface area contributed by atoms with Crippen LogP contribution in [0.25, 0.3) is 0 Å². The summed E-state index contributed by atoms with van der Waals surface area (Å²) in [5.41, 5.74) is 1.48. The summed E-state index contributed by atoms with van der Waals surface area (Å²) in [5, 5.41) is 0.472. The third kappa shape index (κ3) is 7.61. The Bertz CT molecular complexity index is 925. The molecule has 0 saturated carbocycles. The predicted octanol–water partition coefficient (Wildman–Crippen LogP) is 3.78. The lowest BCUT2D eigenvalue weighted by atomic mass is 10.0. The number of carbonyl (C=O) groups excluding carboxylic acids is 2. The smallest absolute Gasteiger partial charge is 0.305 e. The van der Waals surface area contributed by atoms with Crippen LogP contribution in [0.2, 0.25) is 5.02 Å². The van der Waals surface area contributed by atoms with Crippen molar-refractivity contribution < 1.29 is 22.7 Å². The first-order valence-electron chi connectivity index (χ1n) is 9.35. The highest BCUT2D eigenvalue weighted by atomic mass is 35.5. The van der Waals surface area contributed by atoms with Crippen molar-refractivity contribution in [2.75, 3.05) is 13.2 Å². The Balaban J connectivity index is 1.80. The fourth-order valence-electron chi connectivity index (χ4n) is 2.65. The van der Waals surface area contributed by atoms with Gasteiger partial charge >= 0.3 is 5.97 Å². The molecule has 0 aliphatic rings. The number of benzene rings is 2. The van der Waals surface area contributed by atoms with E-state index in [0.717, 1.165) is 5.56 Å². The number of hydrogen-bond donors (Lipinski definition) is 1. The summed E-state index contributed by atoms with van der Waals surface area (Å²) in [5.74, 6) is -0.332. The molecule has 0 aliphatic carbocycles. The van der Waals surface area contributed by atoms with Crippen molar-refractivity contribution in [3.63, 3.8) is 0 Å². The normalized spacial score (nSPS) is 11.2. The molecule has 0 bridgehead atoms. The Labute approximate surface area is 176 Å². The monoisotopic (exact) mass is 437 g/mol. The van der Waals surface area contributed by atoms with Gasteiger partial charge in [-0.05, 0) is 49.6 Å². The van der Waals surface area contributed by atoms with Gasteiger partial charge in [0.25, 0.3) is 0 Å². The molecule has 8 heteroatoms. The van der Waals surface area contributed by atoms with Gasteiger partial charge in [-0.2, -0.15) is 0 Å². The van der Waals surface area contributed by atoms with Crippen LogP contribution in [-0.2, 0) is 26.0 Å². The topological polar surface area (TPSA) is 89.5 Å². The number of ketones is 1. The van der Waals surface area contributed by atoms with Gasteiger partial charge in [-0.25, -0.2) is 13.1 Å². The van der Waals surface area contributed by atoms with Crippen molar-refractivity contribution in [2.24, 2.45) is 0 Å². The number of hydrogen-bond acceptors (Lipinski definition) is 5. The number of carbonyl (C=O) groups is 2. The predicted molar refractivity (Wildman–Crippen MR) is 112 cm³/mol. The Morgan fingerprint density at radius 3 is 2.28 bits per heavy atom. The number of esters is 1. The van der Waals surface area contributed by atoms with Gasteiger partial charge in [0.1, 0.15) is 0 Å². The molecular formula is C21H24ClNO5S. The molecule has 1 N–H and O–H groups in total. The van der Waals surface area contributed by atoms with Crippen molar-refractivity contribution in [3.05, 3.63) is 64.7 Å².